The first-order chi connectivity index (χ1) is 9.13. The molecule has 0 spiro atoms. The number of nitrogens with two attached hydrogens (primary N) is 1. The van der Waals surface area contributed by atoms with Gasteiger partial charge in [0.2, 0.25) is 0 Å². The van der Waals surface area contributed by atoms with E-state index in [4.69, 9.17) is 28.9 Å². The van der Waals surface area contributed by atoms with Crippen molar-refractivity contribution in [3.63, 3.8) is 0 Å². The number of aliphatic hydroxyl groups excluding tert-OH is 1. The third kappa shape index (κ3) is 3.47. The largest absolute Gasteiger partial charge is 0.399 e. The minimum absolute atomic E-state index is 0.0908. The number of hydrogen-bond acceptors (Lipinski definition) is 3. The number of hydrogen-bond donors (Lipinski definition) is 2. The number of benzene rings is 1. The highest BCUT2D eigenvalue weighted by Gasteiger charge is 2.24. The van der Waals surface area contributed by atoms with E-state index in [-0.39, 0.29) is 6.61 Å². The first-order valence-corrected chi connectivity index (χ1v) is 7.51. The number of nitrogens with zero attached hydrogens (tertiary/aromatic N) is 1. The molecule has 1 aliphatic carbocycles. The van der Waals surface area contributed by atoms with Crippen molar-refractivity contribution >= 4 is 34.6 Å². The first kappa shape index (κ1) is 14.8. The Balaban J connectivity index is 2.32. The van der Waals surface area contributed by atoms with E-state index in [2.05, 4.69) is 4.90 Å². The lowest BCUT2D eigenvalue weighted by atomic mass is 9.93. The molecule has 5 heteroatoms. The van der Waals surface area contributed by atoms with Gasteiger partial charge in [-0.2, -0.15) is 0 Å². The standard InChI is InChI=1S/C14H20Cl2N2O/c15-12-8-10(17)9-13(16)14(12)18(6-7-19)11-4-2-1-3-5-11/h8-9,11,19H,1-7,17H2. The van der Waals surface area contributed by atoms with Gasteiger partial charge in [-0.25, -0.2) is 0 Å². The molecule has 0 atom stereocenters. The minimum atomic E-state index is 0.0908. The van der Waals surface area contributed by atoms with Crippen LogP contribution in [0.2, 0.25) is 10.0 Å². The van der Waals surface area contributed by atoms with Crippen LogP contribution in [-0.4, -0.2) is 24.3 Å². The number of rotatable bonds is 4. The normalized spacial score (nSPS) is 16.6. The summed E-state index contributed by atoms with van der Waals surface area (Å²) in [7, 11) is 0. The Labute approximate surface area is 124 Å². The van der Waals surface area contributed by atoms with E-state index in [0.717, 1.165) is 18.5 Å². The van der Waals surface area contributed by atoms with Gasteiger partial charge in [0, 0.05) is 18.3 Å². The Morgan fingerprint density at radius 1 is 1.16 bits per heavy atom. The maximum absolute atomic E-state index is 9.31. The molecule has 3 N–H and O–H groups in total. The van der Waals surface area contributed by atoms with E-state index >= 15 is 0 Å². The molecule has 0 aromatic heterocycles. The molecule has 1 aromatic rings. The third-order valence-electron chi connectivity index (χ3n) is 3.68. The quantitative estimate of drug-likeness (QED) is 0.834. The van der Waals surface area contributed by atoms with Gasteiger partial charge in [-0.05, 0) is 25.0 Å². The summed E-state index contributed by atoms with van der Waals surface area (Å²) in [5.41, 5.74) is 7.11. The molecule has 1 fully saturated rings. The Kier molecular flexibility index (Phi) is 5.20. The summed E-state index contributed by atoms with van der Waals surface area (Å²) in [5, 5.41) is 10.4. The second-order valence-electron chi connectivity index (χ2n) is 5.04. The molecule has 106 valence electrons. The van der Waals surface area contributed by atoms with E-state index in [1.165, 1.54) is 19.3 Å². The molecule has 19 heavy (non-hydrogen) atoms. The fourth-order valence-electron chi connectivity index (χ4n) is 2.84. The van der Waals surface area contributed by atoms with Crippen LogP contribution in [0.15, 0.2) is 12.1 Å². The smallest absolute Gasteiger partial charge is 0.0749 e. The molecular formula is C14H20Cl2N2O. The van der Waals surface area contributed by atoms with Gasteiger partial charge in [0.25, 0.3) is 0 Å². The van der Waals surface area contributed by atoms with Crippen molar-refractivity contribution in [2.45, 2.75) is 38.1 Å². The van der Waals surface area contributed by atoms with Gasteiger partial charge in [0.05, 0.1) is 22.3 Å². The zero-order valence-electron chi connectivity index (χ0n) is 10.9. The first-order valence-electron chi connectivity index (χ1n) is 6.75. The Morgan fingerprint density at radius 2 is 1.74 bits per heavy atom. The minimum Gasteiger partial charge on any atom is -0.399 e. The van der Waals surface area contributed by atoms with Crippen LogP contribution in [0, 0.1) is 0 Å². The molecule has 0 amide bonds. The summed E-state index contributed by atoms with van der Waals surface area (Å²) in [4.78, 5) is 2.14. The lowest BCUT2D eigenvalue weighted by Gasteiger charge is -2.36. The van der Waals surface area contributed by atoms with Gasteiger partial charge >= 0.3 is 0 Å². The van der Waals surface area contributed by atoms with E-state index in [1.54, 1.807) is 12.1 Å². The number of nitrogen functional groups attached to an aromatic ring is 1. The van der Waals surface area contributed by atoms with Crippen LogP contribution in [0.1, 0.15) is 32.1 Å². The van der Waals surface area contributed by atoms with E-state index in [0.29, 0.717) is 28.3 Å². The summed E-state index contributed by atoms with van der Waals surface area (Å²) in [6.07, 6.45) is 5.97. The summed E-state index contributed by atoms with van der Waals surface area (Å²) >= 11 is 12.6. The van der Waals surface area contributed by atoms with Crippen LogP contribution < -0.4 is 10.6 Å². The maximum atomic E-state index is 9.31. The van der Waals surface area contributed by atoms with Gasteiger partial charge in [-0.15, -0.1) is 0 Å². The van der Waals surface area contributed by atoms with Gasteiger partial charge in [0.15, 0.2) is 0 Å². The molecule has 3 nitrogen and oxygen atoms in total. The molecule has 2 rings (SSSR count). The topological polar surface area (TPSA) is 49.5 Å². The average molecular weight is 303 g/mol. The van der Waals surface area contributed by atoms with Crippen LogP contribution in [-0.2, 0) is 0 Å². The van der Waals surface area contributed by atoms with Gasteiger partial charge in [-0.3, -0.25) is 0 Å². The van der Waals surface area contributed by atoms with Crippen molar-refractivity contribution in [1.29, 1.82) is 0 Å². The number of anilines is 2. The lowest BCUT2D eigenvalue weighted by Crippen LogP contribution is -2.39. The second-order valence-corrected chi connectivity index (χ2v) is 5.86. The highest BCUT2D eigenvalue weighted by atomic mass is 35.5. The number of aliphatic hydroxyl groups is 1. The van der Waals surface area contributed by atoms with E-state index in [9.17, 15) is 5.11 Å². The maximum Gasteiger partial charge on any atom is 0.0749 e. The summed E-state index contributed by atoms with van der Waals surface area (Å²) in [6.45, 7) is 0.640. The van der Waals surface area contributed by atoms with Crippen LogP contribution in [0.3, 0.4) is 0 Å². The Bertz CT molecular complexity index is 410. The molecule has 1 aliphatic rings. The second kappa shape index (κ2) is 6.69. The van der Waals surface area contributed by atoms with Crippen molar-refractivity contribution in [3.05, 3.63) is 22.2 Å². The highest BCUT2D eigenvalue weighted by molar-refractivity contribution is 6.39. The van der Waals surface area contributed by atoms with Gasteiger partial charge in [0.1, 0.15) is 0 Å². The zero-order valence-corrected chi connectivity index (χ0v) is 12.4. The Morgan fingerprint density at radius 3 is 2.26 bits per heavy atom. The molecule has 0 saturated heterocycles. The summed E-state index contributed by atoms with van der Waals surface area (Å²) in [5.74, 6) is 0. The molecule has 0 bridgehead atoms. The predicted molar refractivity (Wildman–Crippen MR) is 82.2 cm³/mol. The van der Waals surface area contributed by atoms with Crippen molar-refractivity contribution in [1.82, 2.24) is 0 Å². The fourth-order valence-corrected chi connectivity index (χ4v) is 3.56. The molecule has 0 radical (unpaired) electrons. The van der Waals surface area contributed by atoms with E-state index < -0.39 is 0 Å². The third-order valence-corrected chi connectivity index (χ3v) is 4.26. The van der Waals surface area contributed by atoms with Crippen molar-refractivity contribution in [3.8, 4) is 0 Å². The molecule has 0 aliphatic heterocycles. The van der Waals surface area contributed by atoms with Gasteiger partial charge in [-0.1, -0.05) is 42.5 Å². The van der Waals surface area contributed by atoms with Crippen LogP contribution >= 0.6 is 23.2 Å². The molecule has 0 heterocycles. The van der Waals surface area contributed by atoms with Crippen molar-refractivity contribution in [2.24, 2.45) is 0 Å². The highest BCUT2D eigenvalue weighted by Crippen LogP contribution is 2.39. The van der Waals surface area contributed by atoms with Crippen molar-refractivity contribution < 1.29 is 5.11 Å². The molecule has 1 aromatic carbocycles. The van der Waals surface area contributed by atoms with Gasteiger partial charge < -0.3 is 15.7 Å². The summed E-state index contributed by atoms with van der Waals surface area (Å²) in [6, 6.07) is 3.84. The van der Waals surface area contributed by atoms with Crippen LogP contribution in [0.5, 0.6) is 0 Å². The summed E-state index contributed by atoms with van der Waals surface area (Å²) < 4.78 is 0. The fraction of sp³-hybridized carbons (Fsp3) is 0.571. The molecule has 0 unspecified atom stereocenters. The monoisotopic (exact) mass is 302 g/mol. The number of halogens is 2. The van der Waals surface area contributed by atoms with E-state index in [1.807, 2.05) is 0 Å². The average Bonchev–Trinajstić information content (AvgIpc) is 2.37. The van der Waals surface area contributed by atoms with Crippen LogP contribution in [0.4, 0.5) is 11.4 Å². The van der Waals surface area contributed by atoms with Crippen LogP contribution in [0.25, 0.3) is 0 Å². The SMILES string of the molecule is Nc1cc(Cl)c(N(CCO)C2CCCCC2)c(Cl)c1. The predicted octanol–water partition coefficient (Wildman–Crippen LogP) is 3.71. The molecule has 1 saturated carbocycles. The molecular weight excluding hydrogens is 283 g/mol. The van der Waals surface area contributed by atoms with Crippen molar-refractivity contribution in [2.75, 3.05) is 23.8 Å². The zero-order chi connectivity index (χ0) is 13.8. The Hall–Kier alpha value is -0.640. The lowest BCUT2D eigenvalue weighted by molar-refractivity contribution is 0.290.